The highest BCUT2D eigenvalue weighted by atomic mass is 35.5. The number of halogens is 1. The second kappa shape index (κ2) is 10.1. The Kier molecular flexibility index (Phi) is 8.48. The maximum atomic E-state index is 12.0. The molecule has 0 aliphatic carbocycles. The van der Waals surface area contributed by atoms with Gasteiger partial charge in [-0.3, -0.25) is 0 Å². The predicted molar refractivity (Wildman–Crippen MR) is 87.7 cm³/mol. The molecule has 0 radical (unpaired) electrons. The molecule has 1 aromatic rings. The third-order valence-electron chi connectivity index (χ3n) is 3.05. The zero-order valence-corrected chi connectivity index (χ0v) is 14.5. The summed E-state index contributed by atoms with van der Waals surface area (Å²) in [6.45, 7) is 5.82. The standard InChI is InChI=1S/C17H23ClO5/c1-4-5-9-21-17(20)23-13(3)10-12(2)22-16(19)14-7-6-8-15(18)11-14/h6-8,11-13H,4-5,9-10H2,1-3H3. The van der Waals surface area contributed by atoms with Gasteiger partial charge in [-0.25, -0.2) is 9.59 Å². The minimum absolute atomic E-state index is 0.349. The SMILES string of the molecule is CCCCOC(=O)OC(C)CC(C)OC(=O)c1cccc(Cl)c1. The smallest absolute Gasteiger partial charge is 0.459 e. The zero-order chi connectivity index (χ0) is 17.2. The number of benzene rings is 1. The molecule has 23 heavy (non-hydrogen) atoms. The van der Waals surface area contributed by atoms with Crippen LogP contribution in [0.2, 0.25) is 5.02 Å². The summed E-state index contributed by atoms with van der Waals surface area (Å²) in [6, 6.07) is 6.54. The van der Waals surface area contributed by atoms with Crippen LogP contribution in [0, 0.1) is 0 Å². The van der Waals surface area contributed by atoms with E-state index in [9.17, 15) is 9.59 Å². The Balaban J connectivity index is 2.36. The van der Waals surface area contributed by atoms with Gasteiger partial charge in [0.15, 0.2) is 0 Å². The van der Waals surface area contributed by atoms with Crippen LogP contribution in [-0.2, 0) is 14.2 Å². The van der Waals surface area contributed by atoms with Gasteiger partial charge in [0.05, 0.1) is 12.2 Å². The van der Waals surface area contributed by atoms with Crippen molar-refractivity contribution in [3.05, 3.63) is 34.9 Å². The molecule has 0 saturated carbocycles. The van der Waals surface area contributed by atoms with Crippen LogP contribution in [-0.4, -0.2) is 30.9 Å². The monoisotopic (exact) mass is 342 g/mol. The highest BCUT2D eigenvalue weighted by Crippen LogP contribution is 2.14. The Labute approximate surface area is 141 Å². The fraction of sp³-hybridized carbons (Fsp3) is 0.529. The van der Waals surface area contributed by atoms with Gasteiger partial charge in [0, 0.05) is 11.4 Å². The summed E-state index contributed by atoms with van der Waals surface area (Å²) in [6.07, 6.45) is 0.622. The molecule has 128 valence electrons. The van der Waals surface area contributed by atoms with Crippen LogP contribution in [0.5, 0.6) is 0 Å². The van der Waals surface area contributed by atoms with Crippen molar-refractivity contribution in [1.82, 2.24) is 0 Å². The second-order valence-corrected chi connectivity index (χ2v) is 5.78. The molecule has 0 saturated heterocycles. The quantitative estimate of drug-likeness (QED) is 0.509. The molecule has 1 rings (SSSR count). The van der Waals surface area contributed by atoms with E-state index in [1.165, 1.54) is 0 Å². The molecule has 6 heteroatoms. The molecule has 0 aromatic heterocycles. The van der Waals surface area contributed by atoms with Crippen LogP contribution in [0.4, 0.5) is 4.79 Å². The Morgan fingerprint density at radius 1 is 1.17 bits per heavy atom. The van der Waals surface area contributed by atoms with Crippen LogP contribution >= 0.6 is 11.6 Å². The zero-order valence-electron chi connectivity index (χ0n) is 13.7. The Bertz CT molecular complexity index is 517. The van der Waals surface area contributed by atoms with Gasteiger partial charge in [-0.2, -0.15) is 0 Å². The molecule has 0 amide bonds. The van der Waals surface area contributed by atoms with Crippen LogP contribution in [0.3, 0.4) is 0 Å². The number of rotatable bonds is 8. The number of hydrogen-bond donors (Lipinski definition) is 0. The fourth-order valence-electron chi connectivity index (χ4n) is 1.93. The molecule has 1 aromatic carbocycles. The molecule has 0 bridgehead atoms. The van der Waals surface area contributed by atoms with Gasteiger partial charge in [0.25, 0.3) is 0 Å². The third-order valence-corrected chi connectivity index (χ3v) is 3.28. The molecule has 0 aliphatic heterocycles. The Hall–Kier alpha value is -1.75. The van der Waals surface area contributed by atoms with E-state index in [1.54, 1.807) is 38.1 Å². The normalized spacial score (nSPS) is 13.0. The van der Waals surface area contributed by atoms with Gasteiger partial charge in [-0.15, -0.1) is 0 Å². The molecule has 0 N–H and O–H groups in total. The first-order chi connectivity index (χ1) is 10.9. The van der Waals surface area contributed by atoms with Gasteiger partial charge in [0.2, 0.25) is 0 Å². The molecular weight excluding hydrogens is 320 g/mol. The van der Waals surface area contributed by atoms with Crippen LogP contribution in [0.15, 0.2) is 24.3 Å². The van der Waals surface area contributed by atoms with Crippen molar-refractivity contribution >= 4 is 23.7 Å². The topological polar surface area (TPSA) is 61.8 Å². The summed E-state index contributed by atoms with van der Waals surface area (Å²) in [7, 11) is 0. The summed E-state index contributed by atoms with van der Waals surface area (Å²) in [5.41, 5.74) is 0.386. The maximum Gasteiger partial charge on any atom is 0.508 e. The summed E-state index contributed by atoms with van der Waals surface area (Å²) >= 11 is 5.84. The van der Waals surface area contributed by atoms with Crippen molar-refractivity contribution in [2.24, 2.45) is 0 Å². The average Bonchev–Trinajstić information content (AvgIpc) is 2.47. The lowest BCUT2D eigenvalue weighted by atomic mass is 10.2. The van der Waals surface area contributed by atoms with Crippen molar-refractivity contribution < 1.29 is 23.8 Å². The van der Waals surface area contributed by atoms with E-state index in [-0.39, 0.29) is 0 Å². The van der Waals surface area contributed by atoms with E-state index in [1.807, 2.05) is 6.92 Å². The van der Waals surface area contributed by atoms with E-state index in [4.69, 9.17) is 25.8 Å². The molecule has 5 nitrogen and oxygen atoms in total. The highest BCUT2D eigenvalue weighted by Gasteiger charge is 2.18. The van der Waals surface area contributed by atoms with E-state index in [0.29, 0.717) is 23.6 Å². The number of ether oxygens (including phenoxy) is 3. The van der Waals surface area contributed by atoms with Crippen molar-refractivity contribution in [2.75, 3.05) is 6.61 Å². The number of unbranched alkanes of at least 4 members (excludes halogenated alkanes) is 1. The van der Waals surface area contributed by atoms with Gasteiger partial charge in [-0.05, 0) is 38.5 Å². The summed E-state index contributed by atoms with van der Waals surface area (Å²) < 4.78 is 15.3. The first-order valence-corrected chi connectivity index (χ1v) is 8.10. The van der Waals surface area contributed by atoms with Gasteiger partial charge < -0.3 is 14.2 Å². The average molecular weight is 343 g/mol. The Morgan fingerprint density at radius 2 is 1.87 bits per heavy atom. The lowest BCUT2D eigenvalue weighted by Gasteiger charge is -2.18. The van der Waals surface area contributed by atoms with Crippen LogP contribution < -0.4 is 0 Å². The molecule has 0 aliphatic rings. The number of hydrogen-bond acceptors (Lipinski definition) is 5. The number of carbonyl (C=O) groups excluding carboxylic acids is 2. The fourth-order valence-corrected chi connectivity index (χ4v) is 2.12. The lowest BCUT2D eigenvalue weighted by Crippen LogP contribution is -2.24. The van der Waals surface area contributed by atoms with E-state index >= 15 is 0 Å². The predicted octanol–water partition coefficient (Wildman–Crippen LogP) is 4.62. The Morgan fingerprint density at radius 3 is 2.52 bits per heavy atom. The van der Waals surface area contributed by atoms with Crippen molar-refractivity contribution in [3.63, 3.8) is 0 Å². The van der Waals surface area contributed by atoms with E-state index < -0.39 is 24.3 Å². The van der Waals surface area contributed by atoms with Crippen LogP contribution in [0.1, 0.15) is 50.4 Å². The molecule has 0 spiro atoms. The molecule has 2 atom stereocenters. The first-order valence-electron chi connectivity index (χ1n) is 7.72. The summed E-state index contributed by atoms with van der Waals surface area (Å²) in [5, 5.41) is 0.471. The lowest BCUT2D eigenvalue weighted by molar-refractivity contribution is 0.000160. The van der Waals surface area contributed by atoms with Gasteiger partial charge in [-0.1, -0.05) is 31.0 Å². The van der Waals surface area contributed by atoms with Gasteiger partial charge >= 0.3 is 12.1 Å². The largest absolute Gasteiger partial charge is 0.508 e. The van der Waals surface area contributed by atoms with E-state index in [2.05, 4.69) is 0 Å². The molecular formula is C17H23ClO5. The minimum atomic E-state index is -0.695. The van der Waals surface area contributed by atoms with E-state index in [0.717, 1.165) is 12.8 Å². The van der Waals surface area contributed by atoms with Crippen molar-refractivity contribution in [1.29, 1.82) is 0 Å². The summed E-state index contributed by atoms with van der Waals surface area (Å²) in [4.78, 5) is 23.4. The first kappa shape index (κ1) is 19.3. The maximum absolute atomic E-state index is 12.0. The minimum Gasteiger partial charge on any atom is -0.459 e. The van der Waals surface area contributed by atoms with Gasteiger partial charge in [0.1, 0.15) is 12.2 Å². The molecule has 0 fully saturated rings. The highest BCUT2D eigenvalue weighted by molar-refractivity contribution is 6.30. The van der Waals surface area contributed by atoms with Crippen molar-refractivity contribution in [2.45, 2.75) is 52.2 Å². The molecule has 2 unspecified atom stereocenters. The summed E-state index contributed by atoms with van der Waals surface area (Å²) in [5.74, 6) is -0.460. The van der Waals surface area contributed by atoms with Crippen LogP contribution in [0.25, 0.3) is 0 Å². The number of carbonyl (C=O) groups is 2. The third kappa shape index (κ3) is 7.88. The molecule has 0 heterocycles. The second-order valence-electron chi connectivity index (χ2n) is 5.34. The number of esters is 1. The van der Waals surface area contributed by atoms with Crippen molar-refractivity contribution in [3.8, 4) is 0 Å².